The number of primary sulfonamides is 1. The summed E-state index contributed by atoms with van der Waals surface area (Å²) in [5, 5.41) is 10.2. The quantitative estimate of drug-likeness (QED) is 0.720. The van der Waals surface area contributed by atoms with E-state index in [4.69, 9.17) is 9.88 Å². The summed E-state index contributed by atoms with van der Waals surface area (Å²) in [7, 11) is -3.89. The number of thiazole rings is 1. The van der Waals surface area contributed by atoms with Crippen LogP contribution in [0.25, 0.3) is 0 Å². The van der Waals surface area contributed by atoms with Gasteiger partial charge >= 0.3 is 5.97 Å². The Hall–Kier alpha value is -2.30. The Kier molecular flexibility index (Phi) is 5.88. The highest BCUT2D eigenvalue weighted by Crippen LogP contribution is 2.19. The van der Waals surface area contributed by atoms with Gasteiger partial charge in [-0.25, -0.2) is 18.5 Å². The van der Waals surface area contributed by atoms with Gasteiger partial charge in [0.15, 0.2) is 6.61 Å². The standard InChI is InChI=1S/C15H17N3O5S2/c1-9-3-4-11(5-13(9)25(16,21)22)18-14(19)7-23-15(20)6-12-8-24-10(2)17-12/h3-5,8H,6-7H2,1-2H3,(H,18,19)(H2,16,21,22). The van der Waals surface area contributed by atoms with Gasteiger partial charge in [0.1, 0.15) is 0 Å². The van der Waals surface area contributed by atoms with Crippen LogP contribution in [0, 0.1) is 13.8 Å². The second kappa shape index (κ2) is 7.72. The summed E-state index contributed by atoms with van der Waals surface area (Å²) in [4.78, 5) is 27.6. The third kappa shape index (κ3) is 5.62. The Morgan fingerprint density at radius 2 is 2.04 bits per heavy atom. The largest absolute Gasteiger partial charge is 0.455 e. The van der Waals surface area contributed by atoms with Gasteiger partial charge in [-0.1, -0.05) is 6.07 Å². The van der Waals surface area contributed by atoms with Crippen molar-refractivity contribution in [3.63, 3.8) is 0 Å². The molecule has 1 heterocycles. The predicted molar refractivity (Wildman–Crippen MR) is 92.7 cm³/mol. The van der Waals surface area contributed by atoms with Crippen LogP contribution in [-0.4, -0.2) is 31.9 Å². The number of carbonyl (C=O) groups is 2. The van der Waals surface area contributed by atoms with E-state index in [1.807, 2.05) is 6.92 Å². The first-order valence-electron chi connectivity index (χ1n) is 7.15. The van der Waals surface area contributed by atoms with Crippen LogP contribution < -0.4 is 10.5 Å². The van der Waals surface area contributed by atoms with E-state index >= 15 is 0 Å². The Bertz CT molecular complexity index is 906. The number of nitrogens with zero attached hydrogens (tertiary/aromatic N) is 1. The lowest BCUT2D eigenvalue weighted by Gasteiger charge is -2.09. The van der Waals surface area contributed by atoms with Crippen LogP contribution in [0.2, 0.25) is 0 Å². The minimum Gasteiger partial charge on any atom is -0.455 e. The van der Waals surface area contributed by atoms with Crippen molar-refractivity contribution in [1.29, 1.82) is 0 Å². The van der Waals surface area contributed by atoms with E-state index in [0.29, 0.717) is 11.3 Å². The normalized spacial score (nSPS) is 11.2. The minimum atomic E-state index is -3.89. The highest BCUT2D eigenvalue weighted by Gasteiger charge is 2.14. The molecule has 0 fully saturated rings. The predicted octanol–water partition coefficient (Wildman–Crippen LogP) is 1.13. The molecule has 1 aromatic heterocycles. The number of sulfonamides is 1. The summed E-state index contributed by atoms with van der Waals surface area (Å²) in [6.07, 6.45) is -0.0162. The van der Waals surface area contributed by atoms with Crippen molar-refractivity contribution in [1.82, 2.24) is 4.98 Å². The smallest absolute Gasteiger partial charge is 0.312 e. The fraction of sp³-hybridized carbons (Fsp3) is 0.267. The number of amides is 1. The zero-order valence-electron chi connectivity index (χ0n) is 13.6. The van der Waals surface area contributed by atoms with Crippen molar-refractivity contribution >= 4 is 38.9 Å². The fourth-order valence-corrected chi connectivity index (χ4v) is 3.44. The van der Waals surface area contributed by atoms with Gasteiger partial charge in [-0.15, -0.1) is 11.3 Å². The highest BCUT2D eigenvalue weighted by molar-refractivity contribution is 7.89. The number of nitrogens with one attached hydrogen (secondary N) is 1. The number of esters is 1. The monoisotopic (exact) mass is 383 g/mol. The summed E-state index contributed by atoms with van der Waals surface area (Å²) in [6.45, 7) is 2.93. The van der Waals surface area contributed by atoms with Gasteiger partial charge < -0.3 is 10.1 Å². The second-order valence-electron chi connectivity index (χ2n) is 5.27. The molecule has 2 aromatic rings. The minimum absolute atomic E-state index is 0.0162. The van der Waals surface area contributed by atoms with Gasteiger partial charge in [-0.05, 0) is 31.5 Å². The van der Waals surface area contributed by atoms with Gasteiger partial charge in [0.25, 0.3) is 5.91 Å². The molecule has 0 saturated heterocycles. The van der Waals surface area contributed by atoms with Gasteiger partial charge in [0.05, 0.1) is 22.0 Å². The van der Waals surface area contributed by atoms with Crippen LogP contribution in [-0.2, 0) is 30.8 Å². The molecule has 0 spiro atoms. The summed E-state index contributed by atoms with van der Waals surface area (Å²) in [6, 6.07) is 4.30. The van der Waals surface area contributed by atoms with E-state index in [2.05, 4.69) is 10.3 Å². The number of ether oxygens (including phenoxy) is 1. The number of aromatic nitrogens is 1. The Labute approximate surface area is 149 Å². The van der Waals surface area contributed by atoms with Crippen molar-refractivity contribution < 1.29 is 22.7 Å². The Morgan fingerprint density at radius 1 is 1.32 bits per heavy atom. The molecule has 134 valence electrons. The molecule has 0 saturated carbocycles. The first kappa shape index (κ1) is 19.0. The third-order valence-electron chi connectivity index (χ3n) is 3.13. The van der Waals surface area contributed by atoms with Crippen LogP contribution in [0.3, 0.4) is 0 Å². The summed E-state index contributed by atoms with van der Waals surface area (Å²) in [5.74, 6) is -1.17. The second-order valence-corrected chi connectivity index (χ2v) is 7.86. The van der Waals surface area contributed by atoms with E-state index < -0.39 is 28.5 Å². The molecule has 0 unspecified atom stereocenters. The average Bonchev–Trinajstić information content (AvgIpc) is 2.91. The molecule has 8 nitrogen and oxygen atoms in total. The molecule has 10 heteroatoms. The zero-order chi connectivity index (χ0) is 18.6. The molecule has 1 aromatic carbocycles. The van der Waals surface area contributed by atoms with E-state index in [9.17, 15) is 18.0 Å². The molecule has 0 aliphatic heterocycles. The van der Waals surface area contributed by atoms with E-state index in [-0.39, 0.29) is 17.0 Å². The number of benzene rings is 1. The van der Waals surface area contributed by atoms with Crippen molar-refractivity contribution in [2.75, 3.05) is 11.9 Å². The fourth-order valence-electron chi connectivity index (χ4n) is 2.02. The maximum Gasteiger partial charge on any atom is 0.312 e. The van der Waals surface area contributed by atoms with E-state index in [0.717, 1.165) is 5.01 Å². The number of hydrogen-bond donors (Lipinski definition) is 2. The van der Waals surface area contributed by atoms with Crippen molar-refractivity contribution in [3.8, 4) is 0 Å². The number of hydrogen-bond acceptors (Lipinski definition) is 7. The maximum atomic E-state index is 11.8. The molecule has 3 N–H and O–H groups in total. The number of anilines is 1. The molecular weight excluding hydrogens is 366 g/mol. The third-order valence-corrected chi connectivity index (χ3v) is 5.01. The van der Waals surface area contributed by atoms with E-state index in [1.165, 1.54) is 29.5 Å². The van der Waals surface area contributed by atoms with Gasteiger partial charge in [-0.3, -0.25) is 9.59 Å². The molecule has 0 aliphatic carbocycles. The lowest BCUT2D eigenvalue weighted by atomic mass is 10.2. The van der Waals surface area contributed by atoms with Crippen LogP contribution in [0.1, 0.15) is 16.3 Å². The number of carbonyl (C=O) groups excluding carboxylic acids is 2. The molecule has 0 bridgehead atoms. The molecule has 2 rings (SSSR count). The van der Waals surface area contributed by atoms with Gasteiger partial charge in [-0.2, -0.15) is 0 Å². The summed E-state index contributed by atoms with van der Waals surface area (Å²) < 4.78 is 27.8. The number of aryl methyl sites for hydroxylation is 2. The maximum absolute atomic E-state index is 11.8. The first-order chi connectivity index (χ1) is 11.6. The SMILES string of the molecule is Cc1nc(CC(=O)OCC(=O)Nc2ccc(C)c(S(N)(=O)=O)c2)cs1. The van der Waals surface area contributed by atoms with Crippen molar-refractivity contribution in [2.24, 2.45) is 5.14 Å². The van der Waals surface area contributed by atoms with Crippen molar-refractivity contribution in [2.45, 2.75) is 25.2 Å². The Morgan fingerprint density at radius 3 is 2.64 bits per heavy atom. The van der Waals surface area contributed by atoms with Gasteiger partial charge in [0.2, 0.25) is 10.0 Å². The van der Waals surface area contributed by atoms with Crippen LogP contribution in [0.15, 0.2) is 28.5 Å². The van der Waals surface area contributed by atoms with Gasteiger partial charge in [0, 0.05) is 11.1 Å². The molecule has 25 heavy (non-hydrogen) atoms. The highest BCUT2D eigenvalue weighted by atomic mass is 32.2. The molecule has 1 amide bonds. The topological polar surface area (TPSA) is 128 Å². The number of nitrogens with two attached hydrogens (primary N) is 1. The lowest BCUT2D eigenvalue weighted by molar-refractivity contribution is -0.146. The molecule has 0 aliphatic rings. The average molecular weight is 383 g/mol. The summed E-state index contributed by atoms with van der Waals surface area (Å²) in [5.41, 5.74) is 1.29. The van der Waals surface area contributed by atoms with E-state index in [1.54, 1.807) is 12.3 Å². The molecule has 0 radical (unpaired) electrons. The van der Waals surface area contributed by atoms with Crippen LogP contribution in [0.5, 0.6) is 0 Å². The Balaban J connectivity index is 1.91. The van der Waals surface area contributed by atoms with Crippen LogP contribution in [0.4, 0.5) is 5.69 Å². The lowest BCUT2D eigenvalue weighted by Crippen LogP contribution is -2.22. The molecular formula is C15H17N3O5S2. The van der Waals surface area contributed by atoms with Crippen molar-refractivity contribution in [3.05, 3.63) is 39.8 Å². The number of rotatable bonds is 6. The molecule has 0 atom stereocenters. The first-order valence-corrected chi connectivity index (χ1v) is 9.57. The zero-order valence-corrected chi connectivity index (χ0v) is 15.2. The summed E-state index contributed by atoms with van der Waals surface area (Å²) >= 11 is 1.42. The van der Waals surface area contributed by atoms with Crippen LogP contribution >= 0.6 is 11.3 Å².